The number of carbonyl (C=O) groups is 2. The number of ketones is 1. The van der Waals surface area contributed by atoms with Gasteiger partial charge in [-0.05, 0) is 84.4 Å². The Morgan fingerprint density at radius 3 is 2.39 bits per heavy atom. The lowest BCUT2D eigenvalue weighted by Crippen LogP contribution is -2.50. The first-order chi connectivity index (χ1) is 18.0. The van der Waals surface area contributed by atoms with Crippen LogP contribution in [0.15, 0.2) is 36.4 Å². The number of amides is 2. The zero-order chi connectivity index (χ0) is 27.6. The van der Waals surface area contributed by atoms with E-state index in [1.807, 2.05) is 11.0 Å². The summed E-state index contributed by atoms with van der Waals surface area (Å²) in [6.07, 6.45) is 4.07. The van der Waals surface area contributed by atoms with E-state index in [4.69, 9.17) is 0 Å². The lowest BCUT2D eigenvalue weighted by atomic mass is 9.96. The summed E-state index contributed by atoms with van der Waals surface area (Å²) in [4.78, 5) is 36.9. The lowest BCUT2D eigenvalue weighted by Gasteiger charge is -2.41. The fourth-order valence-electron chi connectivity index (χ4n) is 6.20. The van der Waals surface area contributed by atoms with Crippen LogP contribution >= 0.6 is 0 Å². The second-order valence-electron chi connectivity index (χ2n) is 12.1. The molecule has 1 unspecified atom stereocenters. The summed E-state index contributed by atoms with van der Waals surface area (Å²) in [5.74, 6) is -0.494. The van der Waals surface area contributed by atoms with Crippen LogP contribution < -0.4 is 0 Å². The standard InChI is InChI=1S/C31H43FN4O2/c1-21-19-28(32)33-23(3)29(21)27(37)14-10-11-22(2)34-17-15-25(16-18-34)36-26(24-12-8-7-9-13-24)20-35(30(36)38)31(4,5)6/h7-9,12-13,19,22,25-26H,10-11,14-18,20H2,1-6H3/t22?,26-/m0/s1. The predicted octanol–water partition coefficient (Wildman–Crippen LogP) is 6.32. The number of rotatable bonds is 8. The van der Waals surface area contributed by atoms with Crippen molar-refractivity contribution in [3.63, 3.8) is 0 Å². The number of urea groups is 1. The minimum atomic E-state index is -0.537. The smallest absolute Gasteiger partial charge is 0.317 e. The molecule has 0 radical (unpaired) electrons. The third-order valence-corrected chi connectivity index (χ3v) is 8.32. The van der Waals surface area contributed by atoms with Crippen molar-refractivity contribution in [2.24, 2.45) is 0 Å². The molecule has 2 aliphatic rings. The van der Waals surface area contributed by atoms with E-state index in [2.05, 4.69) is 66.7 Å². The molecule has 1 aromatic carbocycles. The maximum absolute atomic E-state index is 13.6. The minimum absolute atomic E-state index is 0.0429. The molecule has 0 N–H and O–H groups in total. The van der Waals surface area contributed by atoms with Crippen molar-refractivity contribution in [2.75, 3.05) is 19.6 Å². The first kappa shape index (κ1) is 28.2. The Morgan fingerprint density at radius 2 is 1.79 bits per heavy atom. The van der Waals surface area contributed by atoms with Crippen LogP contribution in [0.3, 0.4) is 0 Å². The van der Waals surface area contributed by atoms with Gasteiger partial charge < -0.3 is 14.7 Å². The molecule has 2 atom stereocenters. The summed E-state index contributed by atoms with van der Waals surface area (Å²) in [6, 6.07) is 12.6. The second-order valence-corrected chi connectivity index (χ2v) is 12.1. The number of hydrogen-bond donors (Lipinski definition) is 0. The highest BCUT2D eigenvalue weighted by Crippen LogP contribution is 2.38. The molecule has 0 spiro atoms. The van der Waals surface area contributed by atoms with Gasteiger partial charge in [0.05, 0.1) is 11.7 Å². The summed E-state index contributed by atoms with van der Waals surface area (Å²) < 4.78 is 13.5. The predicted molar refractivity (Wildman–Crippen MR) is 149 cm³/mol. The van der Waals surface area contributed by atoms with Crippen LogP contribution in [0.5, 0.6) is 0 Å². The van der Waals surface area contributed by atoms with E-state index in [9.17, 15) is 14.0 Å². The fraction of sp³-hybridized carbons (Fsp3) is 0.581. The van der Waals surface area contributed by atoms with Crippen LogP contribution in [0.25, 0.3) is 0 Å². The van der Waals surface area contributed by atoms with Crippen LogP contribution in [-0.2, 0) is 0 Å². The van der Waals surface area contributed by atoms with Gasteiger partial charge in [-0.3, -0.25) is 4.79 Å². The van der Waals surface area contributed by atoms with E-state index in [1.54, 1.807) is 13.8 Å². The fourth-order valence-corrected chi connectivity index (χ4v) is 6.20. The molecule has 3 heterocycles. The molecule has 1 aromatic heterocycles. The molecule has 206 valence electrons. The van der Waals surface area contributed by atoms with E-state index >= 15 is 0 Å². The molecule has 2 saturated heterocycles. The zero-order valence-corrected chi connectivity index (χ0v) is 23.8. The Kier molecular flexibility index (Phi) is 8.55. The van der Waals surface area contributed by atoms with Gasteiger partial charge in [-0.25, -0.2) is 9.78 Å². The van der Waals surface area contributed by atoms with Crippen LogP contribution in [0.4, 0.5) is 9.18 Å². The molecule has 4 rings (SSSR count). The molecule has 2 amide bonds. The molecule has 0 aliphatic carbocycles. The third-order valence-electron chi connectivity index (χ3n) is 8.32. The van der Waals surface area contributed by atoms with Gasteiger partial charge in [-0.15, -0.1) is 0 Å². The van der Waals surface area contributed by atoms with E-state index in [1.165, 1.54) is 11.6 Å². The quantitative estimate of drug-likeness (QED) is 0.301. The highest BCUT2D eigenvalue weighted by atomic mass is 19.1. The van der Waals surface area contributed by atoms with Crippen LogP contribution in [0.1, 0.15) is 93.0 Å². The van der Waals surface area contributed by atoms with Gasteiger partial charge in [-0.2, -0.15) is 4.39 Å². The molecule has 38 heavy (non-hydrogen) atoms. The van der Waals surface area contributed by atoms with Gasteiger partial charge in [-0.1, -0.05) is 30.3 Å². The number of carbonyl (C=O) groups excluding carboxylic acids is 2. The van der Waals surface area contributed by atoms with E-state index in [0.717, 1.165) is 45.3 Å². The van der Waals surface area contributed by atoms with Crippen molar-refractivity contribution in [3.8, 4) is 0 Å². The van der Waals surface area contributed by atoms with E-state index in [-0.39, 0.29) is 29.4 Å². The van der Waals surface area contributed by atoms with Crippen LogP contribution in [0, 0.1) is 19.8 Å². The Bertz CT molecular complexity index is 1120. The maximum atomic E-state index is 13.6. The molecule has 2 aliphatic heterocycles. The highest BCUT2D eigenvalue weighted by Gasteiger charge is 2.46. The number of benzene rings is 1. The second kappa shape index (κ2) is 11.5. The first-order valence-electron chi connectivity index (χ1n) is 14.0. The first-order valence-corrected chi connectivity index (χ1v) is 14.0. The van der Waals surface area contributed by atoms with Gasteiger partial charge >= 0.3 is 6.03 Å². The number of aryl methyl sites for hydroxylation is 2. The molecule has 0 saturated carbocycles. The molecule has 7 heteroatoms. The molecular weight excluding hydrogens is 479 g/mol. The van der Waals surface area contributed by atoms with E-state index < -0.39 is 5.95 Å². The van der Waals surface area contributed by atoms with Gasteiger partial charge in [0.1, 0.15) is 0 Å². The normalized spacial score (nSPS) is 20.3. The number of piperidine rings is 1. The largest absolute Gasteiger partial charge is 0.321 e. The number of likely N-dealkylation sites (tertiary alicyclic amines) is 1. The number of nitrogens with zero attached hydrogens (tertiary/aromatic N) is 4. The molecule has 2 aromatic rings. The Hall–Kier alpha value is -2.80. The van der Waals surface area contributed by atoms with Crippen molar-refractivity contribution in [1.82, 2.24) is 19.7 Å². The average Bonchev–Trinajstić information content (AvgIpc) is 3.21. The summed E-state index contributed by atoms with van der Waals surface area (Å²) in [5.41, 5.74) is 2.68. The number of pyridine rings is 1. The maximum Gasteiger partial charge on any atom is 0.321 e. The lowest BCUT2D eigenvalue weighted by molar-refractivity contribution is 0.0873. The third kappa shape index (κ3) is 6.09. The zero-order valence-electron chi connectivity index (χ0n) is 23.8. The molecular formula is C31H43FN4O2. The Balaban J connectivity index is 1.33. The van der Waals surface area contributed by atoms with Crippen LogP contribution in [-0.4, -0.2) is 68.8 Å². The highest BCUT2D eigenvalue weighted by molar-refractivity contribution is 5.98. The molecule has 2 fully saturated rings. The Morgan fingerprint density at radius 1 is 1.13 bits per heavy atom. The summed E-state index contributed by atoms with van der Waals surface area (Å²) in [5, 5.41) is 0. The summed E-state index contributed by atoms with van der Waals surface area (Å²) >= 11 is 0. The number of aromatic nitrogens is 1. The molecule has 6 nitrogen and oxygen atoms in total. The number of halogens is 1. The van der Waals surface area contributed by atoms with Crippen molar-refractivity contribution < 1.29 is 14.0 Å². The van der Waals surface area contributed by atoms with Gasteiger partial charge in [0, 0.05) is 49.2 Å². The summed E-state index contributed by atoms with van der Waals surface area (Å²) in [7, 11) is 0. The van der Waals surface area contributed by atoms with Gasteiger partial charge in [0.15, 0.2) is 5.78 Å². The van der Waals surface area contributed by atoms with Crippen molar-refractivity contribution in [3.05, 3.63) is 64.7 Å². The molecule has 0 bridgehead atoms. The summed E-state index contributed by atoms with van der Waals surface area (Å²) in [6.45, 7) is 14.6. The van der Waals surface area contributed by atoms with E-state index in [0.29, 0.717) is 29.3 Å². The van der Waals surface area contributed by atoms with Gasteiger partial charge in [0.2, 0.25) is 5.95 Å². The topological polar surface area (TPSA) is 56.8 Å². The SMILES string of the molecule is Cc1cc(F)nc(C)c1C(=O)CCCC(C)N1CCC(N2C(=O)N(C(C)(C)C)C[C@H]2c2ccccc2)CC1. The van der Waals surface area contributed by atoms with Crippen molar-refractivity contribution >= 4 is 11.8 Å². The van der Waals surface area contributed by atoms with Crippen molar-refractivity contribution in [1.29, 1.82) is 0 Å². The number of hydrogen-bond acceptors (Lipinski definition) is 4. The minimum Gasteiger partial charge on any atom is -0.317 e. The Labute approximate surface area is 227 Å². The van der Waals surface area contributed by atoms with Crippen LogP contribution in [0.2, 0.25) is 0 Å². The average molecular weight is 523 g/mol. The number of Topliss-reactive ketones (excluding diaryl/α,β-unsaturated/α-hetero) is 1. The monoisotopic (exact) mass is 522 g/mol. The van der Waals surface area contributed by atoms with Gasteiger partial charge in [0.25, 0.3) is 0 Å². The van der Waals surface area contributed by atoms with Crippen molar-refractivity contribution in [2.45, 2.75) is 97.3 Å².